The van der Waals surface area contributed by atoms with E-state index in [2.05, 4.69) is 382 Å². The average Bonchev–Trinajstić information content (AvgIpc) is 1.58. The van der Waals surface area contributed by atoms with Crippen molar-refractivity contribution in [1.29, 1.82) is 0 Å². The Morgan fingerprint density at radius 3 is 0.884 bits per heavy atom. The van der Waals surface area contributed by atoms with Crippen LogP contribution < -0.4 is 28.9 Å². The van der Waals surface area contributed by atoms with Gasteiger partial charge in [-0.25, -0.2) is 15.0 Å². The van der Waals surface area contributed by atoms with Gasteiger partial charge in [-0.2, -0.15) is 18.2 Å². The summed E-state index contributed by atoms with van der Waals surface area (Å²) in [6, 6.07) is 135. The van der Waals surface area contributed by atoms with Crippen LogP contribution in [0.2, 0.25) is 0 Å². The molecule has 0 saturated heterocycles. The molecular weight excluding hydrogens is 2340 g/mol. The van der Waals surface area contributed by atoms with E-state index in [-0.39, 0.29) is 63.2 Å². The standard InChI is InChI=1S/C47H42N4O.C45H38N4O.C36H28N4O.3Pt/c1-30(2)33-24-25-48-45(26-33)52-37-17-12-16-35(27-37)50(34-14-8-7-9-15-34)36-22-23-40-41-18-10-11-21-43(41)51-44(29-49-47(51)42(40)28-36)46-38(31(3)4)19-13-20-39(46)32(5)6;1-29(2)36-18-12-19-37(30(3)4)44(36)42-28-47-45-40-27-34(21-22-38(40)39-17-9-10-20-41(39)49(42)45)48(32-13-7-6-8-14-32)33-15-11-16-35(26-33)50-43-25-31(5)23-24-46-43;1-24(2)26-18-19-37-35(20-26)41-30-13-9-12-28(21-30)40(27-10-5-4-6-11-27)29-16-17-31-32-14-7-8-15-34(32)39-25(3)23-38-36(39)33(31)22-29;;;/h7-26,29-32H,1-6H3;6-25,28-30H,1-5H3;4-20,23-24H,1-3H3;;;/q3*-2;3*+2. The molecule has 0 aliphatic heterocycles. The fourth-order valence-corrected chi connectivity index (χ4v) is 19.7. The van der Waals surface area contributed by atoms with Gasteiger partial charge in [0.1, 0.15) is 0 Å². The second kappa shape index (κ2) is 43.9. The van der Waals surface area contributed by atoms with Gasteiger partial charge in [0.25, 0.3) is 0 Å². The number of imidazole rings is 3. The topological polar surface area (TPSA) is 128 Å². The number of hydrogen-bond donors (Lipinski definition) is 0. The molecule has 0 amide bonds. The fraction of sp³-hybridized carbons (Fsp3) is 0.156. The molecule has 0 unspecified atom stereocenters. The van der Waals surface area contributed by atoms with Crippen LogP contribution >= 0.6 is 0 Å². The summed E-state index contributed by atoms with van der Waals surface area (Å²) in [6.07, 6.45) is 11.4. The second-order valence-corrected chi connectivity index (χ2v) is 38.2. The number of anilines is 9. The number of aromatic nitrogens is 9. The Morgan fingerprint density at radius 1 is 0.253 bits per heavy atom. The van der Waals surface area contributed by atoms with Crippen molar-refractivity contribution in [2.45, 2.75) is 132 Å². The van der Waals surface area contributed by atoms with Crippen LogP contribution in [0.1, 0.15) is 163 Å². The molecule has 23 rings (SSSR count). The van der Waals surface area contributed by atoms with Crippen molar-refractivity contribution in [2.75, 3.05) is 14.7 Å². The van der Waals surface area contributed by atoms with E-state index < -0.39 is 0 Å². The van der Waals surface area contributed by atoms with Crippen LogP contribution in [0, 0.1) is 50.2 Å². The predicted octanol–water partition coefficient (Wildman–Crippen LogP) is 34.4. The maximum Gasteiger partial charge on any atom is 2.00 e. The number of pyridine rings is 6. The Balaban J connectivity index is 0.000000143. The summed E-state index contributed by atoms with van der Waals surface area (Å²) < 4.78 is 25.6. The first kappa shape index (κ1) is 101. The minimum Gasteiger partial charge on any atom is -0.466 e. The van der Waals surface area contributed by atoms with Crippen molar-refractivity contribution in [1.82, 2.24) is 43.1 Å². The van der Waals surface area contributed by atoms with Crippen molar-refractivity contribution < 1.29 is 77.4 Å². The maximum atomic E-state index is 6.29. The molecule has 0 atom stereocenters. The summed E-state index contributed by atoms with van der Waals surface area (Å²) in [7, 11) is 0. The van der Waals surface area contributed by atoms with Gasteiger partial charge >= 0.3 is 63.2 Å². The molecule has 0 aliphatic rings. The number of ether oxygens (including phenoxy) is 3. The van der Waals surface area contributed by atoms with Gasteiger partial charge < -0.3 is 42.1 Å². The number of fused-ring (bicyclic) bond motifs is 18. The van der Waals surface area contributed by atoms with Crippen molar-refractivity contribution in [3.8, 4) is 57.4 Å². The van der Waals surface area contributed by atoms with Gasteiger partial charge in [0.05, 0.1) is 28.3 Å². The molecule has 9 heterocycles. The van der Waals surface area contributed by atoms with E-state index in [0.717, 1.165) is 150 Å². The van der Waals surface area contributed by atoms with Gasteiger partial charge in [-0.15, -0.1) is 109 Å². The number of aryl methyl sites for hydroxylation is 2. The molecule has 23 aromatic rings. The number of para-hydroxylation sites is 6. The van der Waals surface area contributed by atoms with Gasteiger partial charge in [-0.1, -0.05) is 278 Å². The zero-order valence-electron chi connectivity index (χ0n) is 83.6. The molecule has 0 saturated carbocycles. The second-order valence-electron chi connectivity index (χ2n) is 38.2. The van der Waals surface area contributed by atoms with Crippen LogP contribution in [0.15, 0.2) is 365 Å². The van der Waals surface area contributed by atoms with E-state index in [0.29, 0.717) is 70.4 Å². The van der Waals surface area contributed by atoms with Crippen LogP contribution in [0.25, 0.3) is 104 Å². The Hall–Kier alpha value is -15.0. The molecular formula is C128H108N12O3Pt3. The van der Waals surface area contributed by atoms with Crippen LogP contribution in [0.5, 0.6) is 34.9 Å². The number of hydrogen-bond acceptors (Lipinski definition) is 12. The van der Waals surface area contributed by atoms with Crippen LogP contribution in [-0.4, -0.2) is 43.1 Å². The third kappa shape index (κ3) is 20.1. The molecule has 9 aromatic heterocycles. The average molecular weight is 2450 g/mol. The monoisotopic (exact) mass is 2450 g/mol. The predicted molar refractivity (Wildman–Crippen MR) is 585 cm³/mol. The van der Waals surface area contributed by atoms with E-state index in [1.807, 2.05) is 141 Å². The van der Waals surface area contributed by atoms with Crippen LogP contribution in [-0.2, 0) is 63.2 Å². The molecule has 146 heavy (non-hydrogen) atoms. The summed E-state index contributed by atoms with van der Waals surface area (Å²) in [5, 5.41) is 9.70. The van der Waals surface area contributed by atoms with E-state index in [1.165, 1.54) is 49.9 Å². The number of benzene rings is 14. The molecule has 15 nitrogen and oxygen atoms in total. The van der Waals surface area contributed by atoms with E-state index in [1.54, 1.807) is 18.6 Å². The Labute approximate surface area is 896 Å². The molecule has 0 fully saturated rings. The Kier molecular flexibility index (Phi) is 30.4. The Morgan fingerprint density at radius 2 is 0.548 bits per heavy atom. The van der Waals surface area contributed by atoms with Gasteiger partial charge in [-0.3, -0.25) is 15.0 Å². The maximum absolute atomic E-state index is 6.29. The minimum absolute atomic E-state index is 0. The van der Waals surface area contributed by atoms with Gasteiger partial charge in [0, 0.05) is 123 Å². The van der Waals surface area contributed by atoms with Gasteiger partial charge in [-0.05, 0) is 194 Å². The zero-order chi connectivity index (χ0) is 98.2. The Bertz CT molecular complexity index is 8630. The fourth-order valence-electron chi connectivity index (χ4n) is 19.7. The largest absolute Gasteiger partial charge is 2.00 e. The van der Waals surface area contributed by atoms with Crippen LogP contribution in [0.3, 0.4) is 0 Å². The molecule has 728 valence electrons. The van der Waals surface area contributed by atoms with Gasteiger partial charge in [0.15, 0.2) is 0 Å². The first-order valence-electron chi connectivity index (χ1n) is 49.2. The van der Waals surface area contributed by atoms with Gasteiger partial charge in [0.2, 0.25) is 17.6 Å². The van der Waals surface area contributed by atoms with Crippen molar-refractivity contribution in [3.05, 3.63) is 446 Å². The molecule has 14 aromatic carbocycles. The first-order chi connectivity index (χ1) is 69.7. The quantitative estimate of drug-likeness (QED) is 0.0447. The number of rotatable bonds is 23. The molecule has 0 bridgehead atoms. The zero-order valence-corrected chi connectivity index (χ0v) is 90.5. The summed E-state index contributed by atoms with van der Waals surface area (Å²) in [6.45, 7) is 30.9. The van der Waals surface area contributed by atoms with E-state index in [9.17, 15) is 0 Å². The van der Waals surface area contributed by atoms with E-state index >= 15 is 0 Å². The smallest absolute Gasteiger partial charge is 0.466 e. The molecule has 0 spiro atoms. The van der Waals surface area contributed by atoms with Crippen molar-refractivity contribution >= 4 is 133 Å². The first-order valence-corrected chi connectivity index (χ1v) is 49.2. The third-order valence-corrected chi connectivity index (χ3v) is 26.6. The van der Waals surface area contributed by atoms with E-state index in [4.69, 9.17) is 29.2 Å². The SMILES string of the molecule is CC(C)c1ccnc(Oc2[c-]c(N(c3[c-]c4c(cc3)c3ccccc3n3c(-c5c(C(C)C)cccc5C(C)C)cnc43)c3ccccc3)ccc2)c1.Cc1ccnc(Oc2[c-]c(N(c3[c-]c4c(cc3)c3ccccc3n3c(-c5c(C(C)C)cccc5C(C)C)cnc43)c3ccccc3)ccc2)c1.Cc1cnc2c3[c-]c(N(c4[c-]c(Oc5cc(C(C)C)ccn5)ccc4)c4ccccc4)ccc3c3ccccc3n12.[Pt+2].[Pt+2].[Pt+2]. The molecule has 0 N–H and O–H groups in total. The molecule has 0 radical (unpaired) electrons. The summed E-state index contributed by atoms with van der Waals surface area (Å²) >= 11 is 0. The third-order valence-electron chi connectivity index (χ3n) is 26.6. The van der Waals surface area contributed by atoms with Crippen LogP contribution in [0.4, 0.5) is 51.2 Å². The molecule has 0 aliphatic carbocycles. The summed E-state index contributed by atoms with van der Waals surface area (Å²) in [5.41, 5.74) is 28.7. The summed E-state index contributed by atoms with van der Waals surface area (Å²) in [5.74, 6) is 5.58. The molecule has 18 heteroatoms. The minimum atomic E-state index is 0. The van der Waals surface area contributed by atoms with Crippen molar-refractivity contribution in [3.63, 3.8) is 0 Å². The normalized spacial score (nSPS) is 11.4. The number of nitrogens with zero attached hydrogens (tertiary/aromatic N) is 12. The van der Waals surface area contributed by atoms with Crippen molar-refractivity contribution in [2.24, 2.45) is 0 Å². The summed E-state index contributed by atoms with van der Waals surface area (Å²) in [4.78, 5) is 34.9.